The van der Waals surface area contributed by atoms with Crippen LogP contribution < -0.4 is 5.32 Å². The number of amides is 1. The first kappa shape index (κ1) is 25.3. The Hall–Kier alpha value is -2.97. The second kappa shape index (κ2) is 11.1. The summed E-state index contributed by atoms with van der Waals surface area (Å²) in [7, 11) is 0. The van der Waals surface area contributed by atoms with Crippen LogP contribution in [0.25, 0.3) is 0 Å². The highest BCUT2D eigenvalue weighted by Crippen LogP contribution is 2.21. The Bertz CT molecular complexity index is 918. The van der Waals surface area contributed by atoms with Gasteiger partial charge in [0, 0.05) is 19.0 Å². The molecule has 0 aliphatic heterocycles. The van der Waals surface area contributed by atoms with Gasteiger partial charge < -0.3 is 14.8 Å². The number of rotatable bonds is 9. The number of alkyl carbamates (subject to hydrolysis) is 1. The van der Waals surface area contributed by atoms with Crippen molar-refractivity contribution < 1.29 is 27.8 Å². The van der Waals surface area contributed by atoms with E-state index in [0.717, 1.165) is 6.07 Å². The molecule has 1 aromatic heterocycles. The molecule has 1 amide bonds. The fourth-order valence-electron chi connectivity index (χ4n) is 3.24. The van der Waals surface area contributed by atoms with Gasteiger partial charge in [0.15, 0.2) is 0 Å². The fraction of sp³-hybridized carbons (Fsp3) is 0.522. The number of esters is 1. The Kier molecular flexibility index (Phi) is 8.74. The van der Waals surface area contributed by atoms with Gasteiger partial charge in [0.2, 0.25) is 0 Å². The summed E-state index contributed by atoms with van der Waals surface area (Å²) >= 11 is 0. The van der Waals surface area contributed by atoms with E-state index in [1.54, 1.807) is 38.4 Å². The number of benzene rings is 1. The zero-order valence-electron chi connectivity index (χ0n) is 19.2. The summed E-state index contributed by atoms with van der Waals surface area (Å²) in [6.07, 6.45) is 0.767. The molecule has 2 rings (SSSR count). The summed E-state index contributed by atoms with van der Waals surface area (Å²) < 4.78 is 39.1. The smallest absolute Gasteiger partial charge is 0.407 e. The molecule has 1 atom stereocenters. The van der Waals surface area contributed by atoms with Gasteiger partial charge in [0.1, 0.15) is 22.9 Å². The van der Waals surface area contributed by atoms with Crippen LogP contribution in [0.2, 0.25) is 0 Å². The number of aromatic nitrogens is 2. The number of nitrogens with one attached hydrogen (secondary N) is 1. The Morgan fingerprint density at radius 1 is 1.12 bits per heavy atom. The number of carbonyl (C=O) groups is 2. The maximum absolute atomic E-state index is 13.5. The Morgan fingerprint density at radius 2 is 1.78 bits per heavy atom. The van der Waals surface area contributed by atoms with E-state index in [9.17, 15) is 18.4 Å². The average Bonchev–Trinajstić information content (AvgIpc) is 3.06. The van der Waals surface area contributed by atoms with Gasteiger partial charge in [0.05, 0.1) is 18.3 Å². The van der Waals surface area contributed by atoms with Crippen molar-refractivity contribution in [2.75, 3.05) is 13.2 Å². The summed E-state index contributed by atoms with van der Waals surface area (Å²) in [4.78, 5) is 24.4. The highest BCUT2D eigenvalue weighted by atomic mass is 19.1. The first-order valence-electron chi connectivity index (χ1n) is 10.7. The molecular weight excluding hydrogens is 420 g/mol. The highest BCUT2D eigenvalue weighted by molar-refractivity contribution is 5.87. The van der Waals surface area contributed by atoms with E-state index >= 15 is 0 Å². The third kappa shape index (κ3) is 7.62. The molecule has 0 aliphatic carbocycles. The molecule has 176 valence electrons. The quantitative estimate of drug-likeness (QED) is 0.554. The van der Waals surface area contributed by atoms with E-state index in [2.05, 4.69) is 10.4 Å². The molecule has 1 unspecified atom stereocenters. The molecule has 0 aliphatic rings. The Labute approximate surface area is 187 Å². The number of halogens is 2. The lowest BCUT2D eigenvalue weighted by atomic mass is 10.1. The predicted molar refractivity (Wildman–Crippen MR) is 116 cm³/mol. The molecule has 1 N–H and O–H groups in total. The van der Waals surface area contributed by atoms with Gasteiger partial charge in [-0.15, -0.1) is 0 Å². The number of nitrogens with zero attached hydrogens (tertiary/aromatic N) is 2. The molecule has 0 saturated carbocycles. The Morgan fingerprint density at radius 3 is 2.34 bits per heavy atom. The first-order valence-corrected chi connectivity index (χ1v) is 10.7. The summed E-state index contributed by atoms with van der Waals surface area (Å²) in [5, 5.41) is 7.23. The predicted octanol–water partition coefficient (Wildman–Crippen LogP) is 4.79. The SMILES string of the molecule is CCOC(=O)c1cc(Cc2cc(F)cc(F)c2)nn1C(CC)CCNC(=O)OC(C)(C)C. The van der Waals surface area contributed by atoms with Crippen LogP contribution in [-0.2, 0) is 15.9 Å². The minimum absolute atomic E-state index is 0.153. The van der Waals surface area contributed by atoms with Gasteiger partial charge in [-0.05, 0) is 64.3 Å². The maximum atomic E-state index is 13.5. The maximum Gasteiger partial charge on any atom is 0.407 e. The molecule has 0 spiro atoms. The van der Waals surface area contributed by atoms with Crippen LogP contribution in [0.1, 0.15) is 75.2 Å². The molecule has 1 aromatic carbocycles. The van der Waals surface area contributed by atoms with Crippen molar-refractivity contribution >= 4 is 12.1 Å². The van der Waals surface area contributed by atoms with Gasteiger partial charge in [-0.25, -0.2) is 18.4 Å². The summed E-state index contributed by atoms with van der Waals surface area (Å²) in [5.41, 5.74) is 0.542. The molecule has 7 nitrogen and oxygen atoms in total. The highest BCUT2D eigenvalue weighted by Gasteiger charge is 2.23. The molecule has 0 bridgehead atoms. The van der Waals surface area contributed by atoms with Crippen molar-refractivity contribution in [1.29, 1.82) is 0 Å². The topological polar surface area (TPSA) is 82.5 Å². The van der Waals surface area contributed by atoms with Gasteiger partial charge in [0.25, 0.3) is 0 Å². The van der Waals surface area contributed by atoms with Gasteiger partial charge in [-0.2, -0.15) is 5.10 Å². The van der Waals surface area contributed by atoms with Crippen molar-refractivity contribution in [2.45, 2.75) is 65.5 Å². The Balaban J connectivity index is 2.20. The van der Waals surface area contributed by atoms with Crippen LogP contribution in [0.15, 0.2) is 24.3 Å². The molecule has 2 aromatic rings. The average molecular weight is 452 g/mol. The zero-order valence-corrected chi connectivity index (χ0v) is 19.2. The number of hydrogen-bond acceptors (Lipinski definition) is 5. The normalized spacial score (nSPS) is 12.3. The van der Waals surface area contributed by atoms with Crippen LogP contribution in [-0.4, -0.2) is 40.6 Å². The van der Waals surface area contributed by atoms with Crippen molar-refractivity contribution in [3.63, 3.8) is 0 Å². The zero-order chi connectivity index (χ0) is 23.9. The monoisotopic (exact) mass is 451 g/mol. The largest absolute Gasteiger partial charge is 0.461 e. The van der Waals surface area contributed by atoms with Crippen molar-refractivity contribution in [3.8, 4) is 0 Å². The van der Waals surface area contributed by atoms with Crippen LogP contribution in [0.3, 0.4) is 0 Å². The summed E-state index contributed by atoms with van der Waals surface area (Å²) in [6, 6.07) is 4.63. The molecule has 0 fully saturated rings. The van der Waals surface area contributed by atoms with Crippen LogP contribution in [0.4, 0.5) is 13.6 Å². The minimum Gasteiger partial charge on any atom is -0.461 e. The molecule has 9 heteroatoms. The number of hydrogen-bond donors (Lipinski definition) is 1. The van der Waals surface area contributed by atoms with E-state index in [0.29, 0.717) is 30.6 Å². The van der Waals surface area contributed by atoms with E-state index < -0.39 is 29.3 Å². The van der Waals surface area contributed by atoms with Crippen LogP contribution in [0, 0.1) is 11.6 Å². The summed E-state index contributed by atoms with van der Waals surface area (Å²) in [6.45, 7) is 9.51. The fourth-order valence-corrected chi connectivity index (χ4v) is 3.24. The molecule has 32 heavy (non-hydrogen) atoms. The minimum atomic E-state index is -0.676. The number of ether oxygens (including phenoxy) is 2. The van der Waals surface area contributed by atoms with E-state index in [1.165, 1.54) is 12.1 Å². The van der Waals surface area contributed by atoms with E-state index in [-0.39, 0.29) is 24.8 Å². The lowest BCUT2D eigenvalue weighted by Gasteiger charge is -2.21. The van der Waals surface area contributed by atoms with Crippen LogP contribution >= 0.6 is 0 Å². The van der Waals surface area contributed by atoms with Gasteiger partial charge in [-0.1, -0.05) is 6.92 Å². The lowest BCUT2D eigenvalue weighted by molar-refractivity contribution is 0.0496. The summed E-state index contributed by atoms with van der Waals surface area (Å²) in [5.74, 6) is -1.88. The lowest BCUT2D eigenvalue weighted by Crippen LogP contribution is -2.34. The standard InChI is InChI=1S/C23H31F2N3O4/c1-6-19(8-9-26-22(30)32-23(3,4)5)28-20(21(29)31-7-2)14-18(27-28)12-15-10-16(24)13-17(25)11-15/h10-11,13-14,19H,6-9,12H2,1-5H3,(H,26,30). The van der Waals surface area contributed by atoms with Crippen molar-refractivity contribution in [3.05, 3.63) is 52.9 Å². The molecular formula is C23H31F2N3O4. The third-order valence-electron chi connectivity index (χ3n) is 4.54. The third-order valence-corrected chi connectivity index (χ3v) is 4.54. The van der Waals surface area contributed by atoms with E-state index in [1.807, 2.05) is 6.92 Å². The molecule has 1 heterocycles. The molecule has 0 radical (unpaired) electrons. The van der Waals surface area contributed by atoms with Crippen molar-refractivity contribution in [1.82, 2.24) is 15.1 Å². The van der Waals surface area contributed by atoms with E-state index in [4.69, 9.17) is 9.47 Å². The second-order valence-electron chi connectivity index (χ2n) is 8.42. The number of carbonyl (C=O) groups excluding carboxylic acids is 2. The second-order valence-corrected chi connectivity index (χ2v) is 8.42. The molecule has 0 saturated heterocycles. The van der Waals surface area contributed by atoms with Gasteiger partial charge >= 0.3 is 12.1 Å². The van der Waals surface area contributed by atoms with Gasteiger partial charge in [-0.3, -0.25) is 4.68 Å². The first-order chi connectivity index (χ1) is 15.0. The van der Waals surface area contributed by atoms with Crippen molar-refractivity contribution in [2.24, 2.45) is 0 Å². The van der Waals surface area contributed by atoms with Crippen LogP contribution in [0.5, 0.6) is 0 Å².